The molecule has 2 nitrogen and oxygen atoms in total. The summed E-state index contributed by atoms with van der Waals surface area (Å²) in [6, 6.07) is 6.31. The largest absolute Gasteiger partial charge is 0.493 e. The van der Waals surface area contributed by atoms with Gasteiger partial charge in [0.05, 0.1) is 6.61 Å². The predicted octanol–water partition coefficient (Wildman–Crippen LogP) is 3.87. The Bertz CT molecular complexity index is 381. The third kappa shape index (κ3) is 4.59. The van der Waals surface area contributed by atoms with Crippen LogP contribution >= 0.6 is 0 Å². The predicted molar refractivity (Wildman–Crippen MR) is 70.7 cm³/mol. The van der Waals surface area contributed by atoms with E-state index >= 15 is 0 Å². The minimum absolute atomic E-state index is 0.224. The molecule has 2 heteroatoms. The van der Waals surface area contributed by atoms with E-state index in [4.69, 9.17) is 4.74 Å². The smallest absolute Gasteiger partial charge is 0.129 e. The van der Waals surface area contributed by atoms with Crippen LogP contribution in [0.25, 0.3) is 0 Å². The van der Waals surface area contributed by atoms with Gasteiger partial charge in [0.2, 0.25) is 0 Å². The van der Waals surface area contributed by atoms with Crippen molar-refractivity contribution in [3.8, 4) is 5.75 Å². The number of Topliss-reactive ketones (excluding diaryl/α,β-unsaturated/α-hetero) is 1. The highest BCUT2D eigenvalue weighted by Gasteiger charge is 2.07. The van der Waals surface area contributed by atoms with Crippen molar-refractivity contribution in [1.29, 1.82) is 0 Å². The first-order valence-electron chi connectivity index (χ1n) is 6.23. The average molecular weight is 234 g/mol. The molecule has 0 saturated heterocycles. The molecule has 0 unspecified atom stereocenters. The van der Waals surface area contributed by atoms with Crippen LogP contribution in [0.15, 0.2) is 18.2 Å². The van der Waals surface area contributed by atoms with Gasteiger partial charge in [0, 0.05) is 6.42 Å². The zero-order valence-electron chi connectivity index (χ0n) is 11.2. The van der Waals surface area contributed by atoms with Crippen LogP contribution < -0.4 is 4.74 Å². The van der Waals surface area contributed by atoms with E-state index in [-0.39, 0.29) is 5.78 Å². The third-order valence-electron chi connectivity index (χ3n) is 2.72. The summed E-state index contributed by atoms with van der Waals surface area (Å²) in [6.07, 6.45) is 1.39. The molecule has 0 fully saturated rings. The Morgan fingerprint density at radius 2 is 2.06 bits per heavy atom. The van der Waals surface area contributed by atoms with Gasteiger partial charge in [0.15, 0.2) is 0 Å². The summed E-state index contributed by atoms with van der Waals surface area (Å²) in [5.74, 6) is 1.64. The highest BCUT2D eigenvalue weighted by molar-refractivity contribution is 5.75. The van der Waals surface area contributed by atoms with Crippen molar-refractivity contribution in [3.63, 3.8) is 0 Å². The quantitative estimate of drug-likeness (QED) is 0.698. The lowest BCUT2D eigenvalue weighted by atomic mass is 10.0. The first kappa shape index (κ1) is 13.8. The van der Waals surface area contributed by atoms with Crippen LogP contribution in [0.3, 0.4) is 0 Å². The molecule has 0 amide bonds. The Hall–Kier alpha value is -1.31. The minimum Gasteiger partial charge on any atom is -0.493 e. The van der Waals surface area contributed by atoms with Gasteiger partial charge in [-0.1, -0.05) is 26.0 Å². The fourth-order valence-electron chi connectivity index (χ4n) is 1.75. The first-order valence-corrected chi connectivity index (χ1v) is 6.23. The zero-order chi connectivity index (χ0) is 12.8. The molecule has 17 heavy (non-hydrogen) atoms. The lowest BCUT2D eigenvalue weighted by Gasteiger charge is -2.14. The molecular weight excluding hydrogens is 212 g/mol. The van der Waals surface area contributed by atoms with Gasteiger partial charge in [-0.3, -0.25) is 0 Å². The summed E-state index contributed by atoms with van der Waals surface area (Å²) in [4.78, 5) is 10.8. The van der Waals surface area contributed by atoms with E-state index in [1.165, 1.54) is 11.1 Å². The molecule has 0 aromatic heterocycles. The maximum absolute atomic E-state index is 10.8. The van der Waals surface area contributed by atoms with Gasteiger partial charge in [-0.15, -0.1) is 0 Å². The molecule has 0 aliphatic heterocycles. The van der Waals surface area contributed by atoms with Crippen molar-refractivity contribution < 1.29 is 9.53 Å². The maximum atomic E-state index is 10.8. The van der Waals surface area contributed by atoms with Gasteiger partial charge in [-0.25, -0.2) is 0 Å². The van der Waals surface area contributed by atoms with E-state index < -0.39 is 0 Å². The van der Waals surface area contributed by atoms with Crippen molar-refractivity contribution in [3.05, 3.63) is 29.3 Å². The number of benzene rings is 1. The maximum Gasteiger partial charge on any atom is 0.129 e. The summed E-state index contributed by atoms with van der Waals surface area (Å²) in [5, 5.41) is 0. The number of hydrogen-bond donors (Lipinski definition) is 0. The fraction of sp³-hybridized carbons (Fsp3) is 0.533. The molecule has 1 aromatic carbocycles. The van der Waals surface area contributed by atoms with E-state index in [1.54, 1.807) is 6.92 Å². The second kappa shape index (κ2) is 6.43. The Labute approximate surface area is 104 Å². The molecule has 0 radical (unpaired) electrons. The molecule has 0 aliphatic rings. The van der Waals surface area contributed by atoms with Crippen molar-refractivity contribution in [2.24, 2.45) is 0 Å². The monoisotopic (exact) mass is 234 g/mol. The molecule has 0 spiro atoms. The van der Waals surface area contributed by atoms with E-state index in [9.17, 15) is 4.79 Å². The molecule has 0 bridgehead atoms. The Morgan fingerprint density at radius 3 is 2.65 bits per heavy atom. The van der Waals surface area contributed by atoms with E-state index in [0.717, 1.165) is 12.2 Å². The molecule has 0 heterocycles. The van der Waals surface area contributed by atoms with Crippen LogP contribution in [0.2, 0.25) is 0 Å². The summed E-state index contributed by atoms with van der Waals surface area (Å²) in [5.41, 5.74) is 2.44. The van der Waals surface area contributed by atoms with Gasteiger partial charge in [-0.2, -0.15) is 0 Å². The van der Waals surface area contributed by atoms with Crippen molar-refractivity contribution in [1.82, 2.24) is 0 Å². The van der Waals surface area contributed by atoms with Crippen LogP contribution in [0.4, 0.5) is 0 Å². The molecular formula is C15H22O2. The second-order valence-electron chi connectivity index (χ2n) is 4.85. The van der Waals surface area contributed by atoms with Gasteiger partial charge >= 0.3 is 0 Å². The number of carbonyl (C=O) groups is 1. The summed E-state index contributed by atoms with van der Waals surface area (Å²) >= 11 is 0. The summed E-state index contributed by atoms with van der Waals surface area (Å²) < 4.78 is 5.78. The first-order chi connectivity index (χ1) is 8.00. The van der Waals surface area contributed by atoms with Gasteiger partial charge in [0.25, 0.3) is 0 Å². The normalized spacial score (nSPS) is 10.6. The molecule has 0 N–H and O–H groups in total. The van der Waals surface area contributed by atoms with Crippen LogP contribution in [-0.2, 0) is 4.79 Å². The number of hydrogen-bond acceptors (Lipinski definition) is 2. The van der Waals surface area contributed by atoms with Crippen molar-refractivity contribution in [2.75, 3.05) is 6.61 Å². The SMILES string of the molecule is CC(=O)CCCOc1cc(C)ccc1C(C)C. The minimum atomic E-state index is 0.224. The molecule has 0 aliphatic carbocycles. The van der Waals surface area contributed by atoms with Gasteiger partial charge in [-0.05, 0) is 43.4 Å². The van der Waals surface area contributed by atoms with E-state index in [1.807, 2.05) is 0 Å². The van der Waals surface area contributed by atoms with Gasteiger partial charge < -0.3 is 9.53 Å². The Morgan fingerprint density at radius 1 is 1.35 bits per heavy atom. The topological polar surface area (TPSA) is 26.3 Å². The van der Waals surface area contributed by atoms with Crippen molar-refractivity contribution in [2.45, 2.75) is 46.5 Å². The number of rotatable bonds is 6. The standard InChI is InChI=1S/C15H22O2/c1-11(2)14-8-7-12(3)10-15(14)17-9-5-6-13(4)16/h7-8,10-11H,5-6,9H2,1-4H3. The molecule has 94 valence electrons. The van der Waals surface area contributed by atoms with E-state index in [0.29, 0.717) is 18.9 Å². The second-order valence-corrected chi connectivity index (χ2v) is 4.85. The fourth-order valence-corrected chi connectivity index (χ4v) is 1.75. The summed E-state index contributed by atoms with van der Waals surface area (Å²) in [7, 11) is 0. The highest BCUT2D eigenvalue weighted by atomic mass is 16.5. The molecule has 1 aromatic rings. The average Bonchev–Trinajstić information content (AvgIpc) is 2.23. The van der Waals surface area contributed by atoms with Crippen LogP contribution in [-0.4, -0.2) is 12.4 Å². The zero-order valence-corrected chi connectivity index (χ0v) is 11.2. The number of aryl methyl sites for hydroxylation is 1. The third-order valence-corrected chi connectivity index (χ3v) is 2.72. The number of ether oxygens (including phenoxy) is 1. The Balaban J connectivity index is 2.62. The van der Waals surface area contributed by atoms with Crippen LogP contribution in [0, 0.1) is 6.92 Å². The van der Waals surface area contributed by atoms with E-state index in [2.05, 4.69) is 39.0 Å². The number of carbonyl (C=O) groups excluding carboxylic acids is 1. The Kier molecular flexibility index (Phi) is 5.20. The van der Waals surface area contributed by atoms with Crippen LogP contribution in [0.5, 0.6) is 5.75 Å². The lowest BCUT2D eigenvalue weighted by Crippen LogP contribution is -2.03. The summed E-state index contributed by atoms with van der Waals surface area (Å²) in [6.45, 7) is 8.61. The van der Waals surface area contributed by atoms with Gasteiger partial charge in [0.1, 0.15) is 11.5 Å². The van der Waals surface area contributed by atoms with Crippen LogP contribution in [0.1, 0.15) is 50.7 Å². The number of ketones is 1. The highest BCUT2D eigenvalue weighted by Crippen LogP contribution is 2.27. The molecule has 0 atom stereocenters. The van der Waals surface area contributed by atoms with Crippen molar-refractivity contribution >= 4 is 5.78 Å². The molecule has 0 saturated carbocycles. The lowest BCUT2D eigenvalue weighted by molar-refractivity contribution is -0.117. The molecule has 1 rings (SSSR count).